The normalized spacial score (nSPS) is 10.9. The van der Waals surface area contributed by atoms with Crippen molar-refractivity contribution in [2.75, 3.05) is 13.9 Å². The van der Waals surface area contributed by atoms with E-state index in [1.807, 2.05) is 24.3 Å². The number of aromatic nitrogens is 1. The number of carboxylic acids is 1. The third-order valence-corrected chi connectivity index (χ3v) is 4.29. The molecule has 0 aliphatic carbocycles. The number of aromatic amines is 1. The number of H-pyrrole nitrogens is 1. The molecular weight excluding hydrogens is 346 g/mol. The highest BCUT2D eigenvalue weighted by molar-refractivity contribution is 6.17. The Hall–Kier alpha value is -3.12. The van der Waals surface area contributed by atoms with E-state index in [0.29, 0.717) is 29.7 Å². The van der Waals surface area contributed by atoms with Gasteiger partial charge in [-0.2, -0.15) is 0 Å². The number of ether oxygens (including phenoxy) is 2. The van der Waals surface area contributed by atoms with E-state index in [1.54, 1.807) is 31.4 Å². The maximum Gasteiger partial charge on any atom is 0.303 e. The molecule has 2 aromatic carbocycles. The molecule has 0 spiro atoms. The van der Waals surface area contributed by atoms with Gasteiger partial charge in [0.05, 0.1) is 5.56 Å². The smallest absolute Gasteiger partial charge is 0.303 e. The molecule has 0 saturated heterocycles. The van der Waals surface area contributed by atoms with Gasteiger partial charge >= 0.3 is 5.97 Å². The lowest BCUT2D eigenvalue weighted by Crippen LogP contribution is -2.06. The molecule has 1 aromatic heterocycles. The average Bonchev–Trinajstić information content (AvgIpc) is 3.04. The van der Waals surface area contributed by atoms with Crippen LogP contribution in [-0.4, -0.2) is 35.7 Å². The van der Waals surface area contributed by atoms with Crippen molar-refractivity contribution in [1.82, 2.24) is 4.98 Å². The van der Waals surface area contributed by atoms with E-state index in [1.165, 1.54) is 0 Å². The summed E-state index contributed by atoms with van der Waals surface area (Å²) >= 11 is 0. The summed E-state index contributed by atoms with van der Waals surface area (Å²) in [5.74, 6) is -0.323. The molecule has 0 fully saturated rings. The lowest BCUT2D eigenvalue weighted by atomic mass is 9.98. The van der Waals surface area contributed by atoms with Gasteiger partial charge < -0.3 is 19.6 Å². The highest BCUT2D eigenvalue weighted by Crippen LogP contribution is 2.27. The average molecular weight is 367 g/mol. The van der Waals surface area contributed by atoms with Gasteiger partial charge in [0.25, 0.3) is 0 Å². The number of carbonyl (C=O) groups is 2. The number of hydrogen-bond donors (Lipinski definition) is 2. The number of rotatable bonds is 9. The minimum absolute atomic E-state index is 0.0640. The Bertz CT molecular complexity index is 943. The van der Waals surface area contributed by atoms with Crippen LogP contribution in [0, 0.1) is 0 Å². The van der Waals surface area contributed by atoms with Crippen LogP contribution in [0.25, 0.3) is 10.9 Å². The molecule has 140 valence electrons. The zero-order chi connectivity index (χ0) is 19.2. The Kier molecular flexibility index (Phi) is 5.88. The Labute approximate surface area is 156 Å². The van der Waals surface area contributed by atoms with Crippen LogP contribution in [0.15, 0.2) is 48.5 Å². The van der Waals surface area contributed by atoms with Crippen molar-refractivity contribution in [3.8, 4) is 5.75 Å². The van der Waals surface area contributed by atoms with Gasteiger partial charge in [0, 0.05) is 35.7 Å². The highest BCUT2D eigenvalue weighted by Gasteiger charge is 2.19. The van der Waals surface area contributed by atoms with E-state index in [4.69, 9.17) is 14.6 Å². The van der Waals surface area contributed by atoms with Gasteiger partial charge in [-0.05, 0) is 43.2 Å². The van der Waals surface area contributed by atoms with Crippen LogP contribution in [0.4, 0.5) is 0 Å². The first-order valence-corrected chi connectivity index (χ1v) is 8.68. The van der Waals surface area contributed by atoms with E-state index in [2.05, 4.69) is 4.98 Å². The molecule has 0 aliphatic rings. The molecule has 6 heteroatoms. The SMILES string of the molecule is COCOc1ccc(C(=O)c2c(CCCC(=O)O)[nH]c3ccccc23)cc1. The predicted octanol–water partition coefficient (Wildman–Crippen LogP) is 3.79. The van der Waals surface area contributed by atoms with Crippen LogP contribution >= 0.6 is 0 Å². The Balaban J connectivity index is 1.91. The maximum atomic E-state index is 13.2. The minimum atomic E-state index is -0.842. The summed E-state index contributed by atoms with van der Waals surface area (Å²) in [6.07, 6.45) is 1.03. The number of hydrogen-bond acceptors (Lipinski definition) is 4. The maximum absolute atomic E-state index is 13.2. The number of fused-ring (bicyclic) bond motifs is 1. The second-order valence-electron chi connectivity index (χ2n) is 6.18. The monoisotopic (exact) mass is 367 g/mol. The van der Waals surface area contributed by atoms with Crippen molar-refractivity contribution in [2.24, 2.45) is 0 Å². The predicted molar refractivity (Wildman–Crippen MR) is 101 cm³/mol. The van der Waals surface area contributed by atoms with E-state index < -0.39 is 5.97 Å². The zero-order valence-electron chi connectivity index (χ0n) is 15.0. The van der Waals surface area contributed by atoms with Crippen LogP contribution in [-0.2, 0) is 16.0 Å². The van der Waals surface area contributed by atoms with Crippen LogP contribution < -0.4 is 4.74 Å². The number of benzene rings is 2. The van der Waals surface area contributed by atoms with Crippen LogP contribution in [0.5, 0.6) is 5.75 Å². The molecule has 0 unspecified atom stereocenters. The molecule has 0 radical (unpaired) electrons. The first kappa shape index (κ1) is 18.7. The lowest BCUT2D eigenvalue weighted by molar-refractivity contribution is -0.137. The number of nitrogens with one attached hydrogen (secondary N) is 1. The van der Waals surface area contributed by atoms with Crippen LogP contribution in [0.3, 0.4) is 0 Å². The van der Waals surface area contributed by atoms with E-state index in [-0.39, 0.29) is 19.0 Å². The molecule has 2 N–H and O–H groups in total. The number of aliphatic carboxylic acids is 1. The number of aryl methyl sites for hydroxylation is 1. The van der Waals surface area contributed by atoms with Crippen molar-refractivity contribution in [1.29, 1.82) is 0 Å². The second-order valence-corrected chi connectivity index (χ2v) is 6.18. The minimum Gasteiger partial charge on any atom is -0.481 e. The van der Waals surface area contributed by atoms with Crippen molar-refractivity contribution >= 4 is 22.7 Å². The molecule has 0 bridgehead atoms. The van der Waals surface area contributed by atoms with Crippen LogP contribution in [0.2, 0.25) is 0 Å². The van der Waals surface area contributed by atoms with Gasteiger partial charge in [-0.3, -0.25) is 9.59 Å². The molecule has 3 aromatic rings. The fourth-order valence-electron chi connectivity index (χ4n) is 3.03. The summed E-state index contributed by atoms with van der Waals surface area (Å²) in [5.41, 5.74) is 2.78. The molecule has 0 amide bonds. The number of para-hydroxylation sites is 1. The molecule has 27 heavy (non-hydrogen) atoms. The number of methoxy groups -OCH3 is 1. The largest absolute Gasteiger partial charge is 0.481 e. The molecule has 0 saturated carbocycles. The first-order valence-electron chi connectivity index (χ1n) is 8.68. The van der Waals surface area contributed by atoms with Gasteiger partial charge in [0.1, 0.15) is 5.75 Å². The van der Waals surface area contributed by atoms with Crippen molar-refractivity contribution in [3.05, 3.63) is 65.4 Å². The van der Waals surface area contributed by atoms with Gasteiger partial charge in [0.15, 0.2) is 12.6 Å². The molecule has 3 rings (SSSR count). The topological polar surface area (TPSA) is 88.6 Å². The summed E-state index contributed by atoms with van der Waals surface area (Å²) < 4.78 is 10.2. The van der Waals surface area contributed by atoms with Gasteiger partial charge in [-0.25, -0.2) is 0 Å². The Morgan fingerprint density at radius 3 is 2.52 bits per heavy atom. The van der Waals surface area contributed by atoms with Crippen LogP contribution in [0.1, 0.15) is 34.5 Å². The van der Waals surface area contributed by atoms with Gasteiger partial charge in [-0.1, -0.05) is 18.2 Å². The Morgan fingerprint density at radius 1 is 1.07 bits per heavy atom. The zero-order valence-corrected chi connectivity index (χ0v) is 15.0. The van der Waals surface area contributed by atoms with Gasteiger partial charge in [-0.15, -0.1) is 0 Å². The number of carbonyl (C=O) groups excluding carboxylic acids is 1. The van der Waals surface area contributed by atoms with Crippen molar-refractivity contribution in [2.45, 2.75) is 19.3 Å². The third-order valence-electron chi connectivity index (χ3n) is 4.29. The molecular formula is C21H21NO5. The molecule has 6 nitrogen and oxygen atoms in total. The molecule has 0 aliphatic heterocycles. The number of ketones is 1. The highest BCUT2D eigenvalue weighted by atomic mass is 16.7. The molecule has 0 atom stereocenters. The first-order chi connectivity index (χ1) is 13.1. The number of carboxylic acid groups (broad SMARTS) is 1. The Morgan fingerprint density at radius 2 is 1.81 bits per heavy atom. The molecule has 1 heterocycles. The van der Waals surface area contributed by atoms with Crippen molar-refractivity contribution in [3.63, 3.8) is 0 Å². The second kappa shape index (κ2) is 8.51. The van der Waals surface area contributed by atoms with Gasteiger partial charge in [0.2, 0.25) is 0 Å². The summed E-state index contributed by atoms with van der Waals surface area (Å²) in [6, 6.07) is 14.5. The fourth-order valence-corrected chi connectivity index (χ4v) is 3.03. The fraction of sp³-hybridized carbons (Fsp3) is 0.238. The quantitative estimate of drug-likeness (QED) is 0.444. The van der Waals surface area contributed by atoms with E-state index >= 15 is 0 Å². The van der Waals surface area contributed by atoms with E-state index in [0.717, 1.165) is 16.6 Å². The standard InChI is InChI=1S/C21H21NO5/c1-26-13-27-15-11-9-14(10-12-15)21(25)20-16-5-2-3-6-17(16)22-18(20)7-4-8-19(23)24/h2-3,5-6,9-12,22H,4,7-8,13H2,1H3,(H,23,24). The summed E-state index contributed by atoms with van der Waals surface area (Å²) in [6.45, 7) is 0.142. The lowest BCUT2D eigenvalue weighted by Gasteiger charge is -2.07. The summed E-state index contributed by atoms with van der Waals surface area (Å²) in [4.78, 5) is 27.2. The third kappa shape index (κ3) is 4.35. The van der Waals surface area contributed by atoms with E-state index in [9.17, 15) is 9.59 Å². The van der Waals surface area contributed by atoms with Crippen molar-refractivity contribution < 1.29 is 24.2 Å². The summed E-state index contributed by atoms with van der Waals surface area (Å²) in [7, 11) is 1.54. The summed E-state index contributed by atoms with van der Waals surface area (Å²) in [5, 5.41) is 9.72.